The summed E-state index contributed by atoms with van der Waals surface area (Å²) in [5, 5.41) is 20.1. The van der Waals surface area contributed by atoms with Crippen molar-refractivity contribution in [1.82, 2.24) is 0 Å². The molecule has 0 aromatic carbocycles. The van der Waals surface area contributed by atoms with Crippen molar-refractivity contribution in [3.8, 4) is 0 Å². The first kappa shape index (κ1) is 24.0. The molecular formula is C24H36N2O4. The van der Waals surface area contributed by atoms with Gasteiger partial charge in [0.25, 0.3) is 0 Å². The molecule has 0 saturated carbocycles. The number of unbranched alkanes of at least 4 members (excludes halogenated alkanes) is 3. The lowest BCUT2D eigenvalue weighted by Gasteiger charge is -2.28. The van der Waals surface area contributed by atoms with Crippen LogP contribution in [-0.2, 0) is 9.59 Å². The van der Waals surface area contributed by atoms with Crippen LogP contribution in [0.4, 0.5) is 0 Å². The number of hydrogen-bond acceptors (Lipinski definition) is 6. The summed E-state index contributed by atoms with van der Waals surface area (Å²) in [7, 11) is 0. The van der Waals surface area contributed by atoms with Gasteiger partial charge in [0.1, 0.15) is 11.5 Å². The molecule has 0 radical (unpaired) electrons. The van der Waals surface area contributed by atoms with Crippen LogP contribution in [-0.4, -0.2) is 47.3 Å². The molecule has 0 fully saturated rings. The SMILES string of the molecule is CC1(C)CC(=O)C(C=NCCCCCCN=CC2=C(O)CC(C)(C)CC2=O)=C(O)C1. The predicted octanol–water partition coefficient (Wildman–Crippen LogP) is 5.09. The van der Waals surface area contributed by atoms with Crippen molar-refractivity contribution in [1.29, 1.82) is 0 Å². The molecule has 0 heterocycles. The molecule has 0 spiro atoms. The molecule has 0 atom stereocenters. The molecule has 0 unspecified atom stereocenters. The van der Waals surface area contributed by atoms with Gasteiger partial charge in [0.15, 0.2) is 11.6 Å². The van der Waals surface area contributed by atoms with E-state index in [0.29, 0.717) is 49.9 Å². The average molecular weight is 417 g/mol. The van der Waals surface area contributed by atoms with E-state index in [4.69, 9.17) is 0 Å². The lowest BCUT2D eigenvalue weighted by atomic mass is 9.77. The second-order valence-corrected chi connectivity index (χ2v) is 10.1. The third-order valence-corrected chi connectivity index (χ3v) is 5.56. The summed E-state index contributed by atoms with van der Waals surface area (Å²) in [5.41, 5.74) is 0.359. The van der Waals surface area contributed by atoms with Crippen LogP contribution < -0.4 is 0 Å². The van der Waals surface area contributed by atoms with Crippen LogP contribution in [0.1, 0.15) is 79.1 Å². The highest BCUT2D eigenvalue weighted by Crippen LogP contribution is 2.36. The number of aliphatic hydroxyl groups is 2. The van der Waals surface area contributed by atoms with Gasteiger partial charge >= 0.3 is 0 Å². The molecule has 0 amide bonds. The second kappa shape index (κ2) is 10.2. The molecule has 2 rings (SSSR count). The summed E-state index contributed by atoms with van der Waals surface area (Å²) in [6.45, 7) is 9.17. The number of aliphatic hydroxyl groups excluding tert-OH is 2. The smallest absolute Gasteiger partial charge is 0.168 e. The molecule has 0 aromatic rings. The monoisotopic (exact) mass is 416 g/mol. The van der Waals surface area contributed by atoms with Gasteiger partial charge in [0.05, 0.1) is 11.1 Å². The van der Waals surface area contributed by atoms with Crippen LogP contribution in [0.5, 0.6) is 0 Å². The van der Waals surface area contributed by atoms with Gasteiger partial charge in [-0.2, -0.15) is 0 Å². The topological polar surface area (TPSA) is 99.3 Å². The lowest BCUT2D eigenvalue weighted by molar-refractivity contribution is -0.118. The maximum absolute atomic E-state index is 12.1. The summed E-state index contributed by atoms with van der Waals surface area (Å²) in [5.74, 6) is 0.232. The van der Waals surface area contributed by atoms with Crippen molar-refractivity contribution in [2.24, 2.45) is 20.8 Å². The summed E-state index contributed by atoms with van der Waals surface area (Å²) < 4.78 is 0. The Kier molecular flexibility index (Phi) is 8.16. The van der Waals surface area contributed by atoms with Gasteiger partial charge in [0, 0.05) is 51.2 Å². The fraction of sp³-hybridized carbons (Fsp3) is 0.667. The Morgan fingerprint density at radius 2 is 1.07 bits per heavy atom. The normalized spacial score (nSPS) is 22.0. The number of carbonyl (C=O) groups excluding carboxylic acids is 2. The van der Waals surface area contributed by atoms with Gasteiger partial charge < -0.3 is 10.2 Å². The fourth-order valence-electron chi connectivity index (χ4n) is 3.97. The maximum Gasteiger partial charge on any atom is 0.168 e. The highest BCUT2D eigenvalue weighted by molar-refractivity contribution is 6.15. The lowest BCUT2D eigenvalue weighted by Crippen LogP contribution is -2.26. The first-order chi connectivity index (χ1) is 14.0. The minimum absolute atomic E-state index is 0.0356. The van der Waals surface area contributed by atoms with Crippen molar-refractivity contribution in [2.45, 2.75) is 79.1 Å². The molecular weight excluding hydrogens is 380 g/mol. The zero-order valence-corrected chi connectivity index (χ0v) is 18.8. The Morgan fingerprint density at radius 1 is 0.700 bits per heavy atom. The van der Waals surface area contributed by atoms with E-state index in [1.165, 1.54) is 12.4 Å². The zero-order valence-electron chi connectivity index (χ0n) is 18.8. The van der Waals surface area contributed by atoms with Gasteiger partial charge in [-0.25, -0.2) is 0 Å². The summed E-state index contributed by atoms with van der Waals surface area (Å²) in [6.07, 6.45) is 8.78. The maximum atomic E-state index is 12.1. The summed E-state index contributed by atoms with van der Waals surface area (Å²) in [4.78, 5) is 32.8. The van der Waals surface area contributed by atoms with Crippen molar-refractivity contribution < 1.29 is 19.8 Å². The second-order valence-electron chi connectivity index (χ2n) is 10.1. The third-order valence-electron chi connectivity index (χ3n) is 5.56. The molecule has 2 aliphatic carbocycles. The van der Waals surface area contributed by atoms with Gasteiger partial charge in [-0.1, -0.05) is 40.5 Å². The molecule has 0 aliphatic heterocycles. The minimum Gasteiger partial charge on any atom is -0.511 e. The highest BCUT2D eigenvalue weighted by atomic mass is 16.3. The molecule has 0 bridgehead atoms. The standard InChI is InChI=1S/C24H36N2O4/c1-23(2)11-19(27)17(20(28)12-23)15-25-9-7-5-6-8-10-26-16-18-21(29)13-24(3,4)14-22(18)30/h15-16,27,29H,5-14H2,1-4H3. The molecule has 30 heavy (non-hydrogen) atoms. The van der Waals surface area contributed by atoms with Crippen LogP contribution in [0.3, 0.4) is 0 Å². The number of hydrogen-bond donors (Lipinski definition) is 2. The number of allylic oxidation sites excluding steroid dienone is 4. The first-order valence-corrected chi connectivity index (χ1v) is 10.9. The van der Waals surface area contributed by atoms with E-state index in [1.807, 2.05) is 27.7 Å². The van der Waals surface area contributed by atoms with Crippen LogP contribution >= 0.6 is 0 Å². The van der Waals surface area contributed by atoms with Gasteiger partial charge in [-0.3, -0.25) is 19.6 Å². The average Bonchev–Trinajstić information content (AvgIpc) is 2.58. The minimum atomic E-state index is -0.183. The van der Waals surface area contributed by atoms with Crippen LogP contribution in [0.25, 0.3) is 0 Å². The van der Waals surface area contributed by atoms with Crippen molar-refractivity contribution in [3.05, 3.63) is 22.7 Å². The number of carbonyl (C=O) groups is 2. The predicted molar refractivity (Wildman–Crippen MR) is 121 cm³/mol. The van der Waals surface area contributed by atoms with Crippen molar-refractivity contribution in [2.75, 3.05) is 13.1 Å². The number of rotatable bonds is 9. The molecule has 166 valence electrons. The molecule has 2 aliphatic rings. The van der Waals surface area contributed by atoms with Crippen LogP contribution in [0, 0.1) is 10.8 Å². The van der Waals surface area contributed by atoms with E-state index in [2.05, 4.69) is 9.98 Å². The Hall–Kier alpha value is -2.24. The van der Waals surface area contributed by atoms with Gasteiger partial charge in [0.2, 0.25) is 0 Å². The Bertz CT molecular complexity index is 719. The number of aliphatic imine (C=N–C) groups is 2. The third kappa shape index (κ3) is 7.22. The number of ketones is 2. The summed E-state index contributed by atoms with van der Waals surface area (Å²) in [6, 6.07) is 0. The van der Waals surface area contributed by atoms with Crippen molar-refractivity contribution in [3.63, 3.8) is 0 Å². The molecule has 6 heteroatoms. The summed E-state index contributed by atoms with van der Waals surface area (Å²) >= 11 is 0. The van der Waals surface area contributed by atoms with E-state index in [9.17, 15) is 19.8 Å². The van der Waals surface area contributed by atoms with E-state index in [0.717, 1.165) is 25.7 Å². The molecule has 0 saturated heterocycles. The zero-order chi connectivity index (χ0) is 22.4. The van der Waals surface area contributed by atoms with Crippen LogP contribution in [0.2, 0.25) is 0 Å². The van der Waals surface area contributed by atoms with Gasteiger partial charge in [-0.05, 0) is 23.7 Å². The fourth-order valence-corrected chi connectivity index (χ4v) is 3.97. The van der Waals surface area contributed by atoms with Crippen molar-refractivity contribution >= 4 is 24.0 Å². The van der Waals surface area contributed by atoms with E-state index in [-0.39, 0.29) is 33.9 Å². The highest BCUT2D eigenvalue weighted by Gasteiger charge is 2.33. The Balaban J connectivity index is 1.64. The molecule has 0 aromatic heterocycles. The molecule has 2 N–H and O–H groups in total. The largest absolute Gasteiger partial charge is 0.511 e. The first-order valence-electron chi connectivity index (χ1n) is 10.9. The van der Waals surface area contributed by atoms with Crippen LogP contribution in [0.15, 0.2) is 32.6 Å². The Labute approximate surface area is 179 Å². The quantitative estimate of drug-likeness (QED) is 0.404. The number of nitrogens with zero attached hydrogens (tertiary/aromatic N) is 2. The number of Topliss-reactive ketones (excluding diaryl/α,β-unsaturated/α-hetero) is 2. The van der Waals surface area contributed by atoms with E-state index < -0.39 is 0 Å². The molecule has 6 nitrogen and oxygen atoms in total. The Morgan fingerprint density at radius 3 is 1.40 bits per heavy atom. The van der Waals surface area contributed by atoms with E-state index in [1.54, 1.807) is 0 Å². The van der Waals surface area contributed by atoms with E-state index >= 15 is 0 Å². The van der Waals surface area contributed by atoms with Gasteiger partial charge in [-0.15, -0.1) is 0 Å².